The Morgan fingerprint density at radius 3 is 2.48 bits per heavy atom. The number of fused-ring (bicyclic) bond motifs is 1. The van der Waals surface area contributed by atoms with E-state index in [1.54, 1.807) is 24.3 Å². The molecule has 0 aliphatic rings. The standard InChI is InChI=1S/C19H16F3N3O2/c20-19(21,22)15-7-5-13(6-8-15)9-10-23-17(26)12-25-18(27)16-4-2-1-3-14(16)11-24-25/h1-8,11H,9-10,12H2,(H,23,26). The topological polar surface area (TPSA) is 64.0 Å². The molecule has 27 heavy (non-hydrogen) atoms. The number of carbonyl (C=O) groups excluding carboxylic acids is 1. The quantitative estimate of drug-likeness (QED) is 0.746. The van der Waals surface area contributed by atoms with Gasteiger partial charge in [0, 0.05) is 11.9 Å². The van der Waals surface area contributed by atoms with Gasteiger partial charge >= 0.3 is 6.18 Å². The molecule has 2 aromatic carbocycles. The van der Waals surface area contributed by atoms with Crippen LogP contribution in [0.5, 0.6) is 0 Å². The molecule has 1 N–H and O–H groups in total. The predicted molar refractivity (Wildman–Crippen MR) is 94.2 cm³/mol. The van der Waals surface area contributed by atoms with Crippen LogP contribution >= 0.6 is 0 Å². The van der Waals surface area contributed by atoms with Crippen LogP contribution in [0, 0.1) is 0 Å². The monoisotopic (exact) mass is 375 g/mol. The largest absolute Gasteiger partial charge is 0.416 e. The van der Waals surface area contributed by atoms with Crippen molar-refractivity contribution in [1.82, 2.24) is 15.1 Å². The van der Waals surface area contributed by atoms with Crippen LogP contribution < -0.4 is 10.9 Å². The molecule has 1 heterocycles. The number of benzene rings is 2. The van der Waals surface area contributed by atoms with Crippen molar-refractivity contribution in [1.29, 1.82) is 0 Å². The molecular formula is C19H16F3N3O2. The van der Waals surface area contributed by atoms with Crippen molar-refractivity contribution < 1.29 is 18.0 Å². The molecule has 0 saturated carbocycles. The minimum Gasteiger partial charge on any atom is -0.354 e. The second kappa shape index (κ2) is 7.61. The Balaban J connectivity index is 1.56. The molecule has 0 atom stereocenters. The Morgan fingerprint density at radius 1 is 1.07 bits per heavy atom. The average Bonchev–Trinajstić information content (AvgIpc) is 2.64. The van der Waals surface area contributed by atoms with Crippen LogP contribution in [0.15, 0.2) is 59.5 Å². The van der Waals surface area contributed by atoms with E-state index >= 15 is 0 Å². The summed E-state index contributed by atoms with van der Waals surface area (Å²) in [5, 5.41) is 7.79. The molecule has 0 aliphatic heterocycles. The highest BCUT2D eigenvalue weighted by atomic mass is 19.4. The smallest absolute Gasteiger partial charge is 0.354 e. The molecule has 0 radical (unpaired) electrons. The number of alkyl halides is 3. The second-order valence-corrected chi connectivity index (χ2v) is 5.99. The highest BCUT2D eigenvalue weighted by molar-refractivity contribution is 5.81. The summed E-state index contributed by atoms with van der Waals surface area (Å²) >= 11 is 0. The van der Waals surface area contributed by atoms with Crippen LogP contribution in [0.2, 0.25) is 0 Å². The van der Waals surface area contributed by atoms with Gasteiger partial charge in [-0.3, -0.25) is 9.59 Å². The van der Waals surface area contributed by atoms with Gasteiger partial charge in [-0.25, -0.2) is 4.68 Å². The average molecular weight is 375 g/mol. The first kappa shape index (κ1) is 18.6. The van der Waals surface area contributed by atoms with Gasteiger partial charge in [0.1, 0.15) is 6.54 Å². The number of hydrogen-bond donors (Lipinski definition) is 1. The fourth-order valence-electron chi connectivity index (χ4n) is 2.64. The highest BCUT2D eigenvalue weighted by Crippen LogP contribution is 2.29. The lowest BCUT2D eigenvalue weighted by atomic mass is 10.1. The van der Waals surface area contributed by atoms with Crippen molar-refractivity contribution in [2.45, 2.75) is 19.1 Å². The van der Waals surface area contributed by atoms with Gasteiger partial charge in [-0.15, -0.1) is 0 Å². The number of halogens is 3. The van der Waals surface area contributed by atoms with Crippen LogP contribution in [0.4, 0.5) is 13.2 Å². The van der Waals surface area contributed by atoms with Gasteiger partial charge in [0.15, 0.2) is 0 Å². The van der Waals surface area contributed by atoms with Gasteiger partial charge in [-0.2, -0.15) is 18.3 Å². The third kappa shape index (κ3) is 4.52. The molecule has 0 aliphatic carbocycles. The van der Waals surface area contributed by atoms with E-state index in [-0.39, 0.29) is 18.6 Å². The zero-order valence-electron chi connectivity index (χ0n) is 14.2. The third-order valence-electron chi connectivity index (χ3n) is 4.07. The van der Waals surface area contributed by atoms with Crippen LogP contribution in [0.3, 0.4) is 0 Å². The van der Waals surface area contributed by atoms with E-state index in [1.807, 2.05) is 0 Å². The minimum atomic E-state index is -4.37. The SMILES string of the molecule is O=C(Cn1ncc2ccccc2c1=O)NCCc1ccc(C(F)(F)F)cc1. The number of rotatable bonds is 5. The lowest BCUT2D eigenvalue weighted by Gasteiger charge is -2.09. The Labute approximate surface area is 152 Å². The molecule has 140 valence electrons. The fraction of sp³-hybridized carbons (Fsp3) is 0.211. The molecule has 0 saturated heterocycles. The van der Waals surface area contributed by atoms with Gasteiger partial charge in [0.05, 0.1) is 17.1 Å². The predicted octanol–water partition coefficient (Wildman–Crippen LogP) is 2.77. The molecule has 0 bridgehead atoms. The van der Waals surface area contributed by atoms with Crippen LogP contribution in [-0.2, 0) is 23.9 Å². The lowest BCUT2D eigenvalue weighted by Crippen LogP contribution is -2.34. The van der Waals surface area contributed by atoms with Crippen molar-refractivity contribution in [3.8, 4) is 0 Å². The van der Waals surface area contributed by atoms with Crippen LogP contribution in [-0.4, -0.2) is 22.2 Å². The van der Waals surface area contributed by atoms with E-state index in [4.69, 9.17) is 0 Å². The van der Waals surface area contributed by atoms with Crippen molar-refractivity contribution in [3.63, 3.8) is 0 Å². The molecular weight excluding hydrogens is 359 g/mol. The number of hydrogen-bond acceptors (Lipinski definition) is 3. The maximum atomic E-state index is 12.5. The summed E-state index contributed by atoms with van der Waals surface area (Å²) in [6.45, 7) is 0.0171. The van der Waals surface area contributed by atoms with Crippen molar-refractivity contribution in [2.24, 2.45) is 0 Å². The molecule has 0 fully saturated rings. The molecule has 3 rings (SSSR count). The first-order chi connectivity index (χ1) is 12.8. The van der Waals surface area contributed by atoms with E-state index in [0.717, 1.165) is 16.8 Å². The molecule has 0 spiro atoms. The summed E-state index contributed by atoms with van der Waals surface area (Å²) in [5.41, 5.74) is -0.396. The Morgan fingerprint density at radius 2 is 1.78 bits per heavy atom. The number of amides is 1. The Kier molecular flexibility index (Phi) is 5.25. The normalized spacial score (nSPS) is 11.5. The first-order valence-corrected chi connectivity index (χ1v) is 8.22. The van der Waals surface area contributed by atoms with Gasteiger partial charge in [0.25, 0.3) is 5.56 Å². The maximum absolute atomic E-state index is 12.5. The first-order valence-electron chi connectivity index (χ1n) is 8.22. The maximum Gasteiger partial charge on any atom is 0.416 e. The number of carbonyl (C=O) groups is 1. The van der Waals surface area contributed by atoms with Crippen LogP contribution in [0.1, 0.15) is 11.1 Å². The lowest BCUT2D eigenvalue weighted by molar-refractivity contribution is -0.137. The Hall–Kier alpha value is -3.16. The van der Waals surface area contributed by atoms with Gasteiger partial charge < -0.3 is 5.32 Å². The van der Waals surface area contributed by atoms with Gasteiger partial charge in [-0.1, -0.05) is 30.3 Å². The zero-order valence-corrected chi connectivity index (χ0v) is 14.2. The number of nitrogens with zero attached hydrogens (tertiary/aromatic N) is 2. The number of nitrogens with one attached hydrogen (secondary N) is 1. The highest BCUT2D eigenvalue weighted by Gasteiger charge is 2.29. The second-order valence-electron chi connectivity index (χ2n) is 5.99. The molecule has 0 unspecified atom stereocenters. The molecule has 1 amide bonds. The summed E-state index contributed by atoms with van der Waals surface area (Å²) in [7, 11) is 0. The van der Waals surface area contributed by atoms with Gasteiger partial charge in [0.2, 0.25) is 5.91 Å². The van der Waals surface area contributed by atoms with E-state index in [0.29, 0.717) is 22.8 Å². The summed E-state index contributed by atoms with van der Waals surface area (Å²) in [6.07, 6.45) is -2.47. The van der Waals surface area contributed by atoms with Crippen LogP contribution in [0.25, 0.3) is 10.8 Å². The van der Waals surface area contributed by atoms with E-state index in [9.17, 15) is 22.8 Å². The molecule has 1 aromatic heterocycles. The summed E-state index contributed by atoms with van der Waals surface area (Å²) in [5.74, 6) is -0.396. The number of aromatic nitrogens is 2. The fourth-order valence-corrected chi connectivity index (χ4v) is 2.64. The summed E-state index contributed by atoms with van der Waals surface area (Å²) in [6, 6.07) is 11.7. The van der Waals surface area contributed by atoms with E-state index in [2.05, 4.69) is 10.4 Å². The zero-order chi connectivity index (χ0) is 19.4. The van der Waals surface area contributed by atoms with Crippen molar-refractivity contribution in [3.05, 3.63) is 76.2 Å². The van der Waals surface area contributed by atoms with E-state index < -0.39 is 17.6 Å². The Bertz CT molecular complexity index is 1010. The molecule has 8 heteroatoms. The molecule has 5 nitrogen and oxygen atoms in total. The summed E-state index contributed by atoms with van der Waals surface area (Å²) < 4.78 is 38.7. The third-order valence-corrected chi connectivity index (χ3v) is 4.07. The van der Waals surface area contributed by atoms with Crippen molar-refractivity contribution in [2.75, 3.05) is 6.54 Å². The summed E-state index contributed by atoms with van der Waals surface area (Å²) in [4.78, 5) is 24.3. The van der Waals surface area contributed by atoms with Gasteiger partial charge in [-0.05, 0) is 30.2 Å². The minimum absolute atomic E-state index is 0.226. The molecule has 3 aromatic rings. The van der Waals surface area contributed by atoms with E-state index in [1.165, 1.54) is 18.3 Å². The van der Waals surface area contributed by atoms with Crippen molar-refractivity contribution >= 4 is 16.7 Å².